The van der Waals surface area contributed by atoms with E-state index in [4.69, 9.17) is 14.7 Å². The Bertz CT molecular complexity index is 1280. The fourth-order valence-electron chi connectivity index (χ4n) is 4.81. The van der Waals surface area contributed by atoms with E-state index in [-0.39, 0.29) is 5.54 Å². The Morgan fingerprint density at radius 3 is 2.78 bits per heavy atom. The van der Waals surface area contributed by atoms with Gasteiger partial charge in [0.15, 0.2) is 0 Å². The van der Waals surface area contributed by atoms with Gasteiger partial charge in [-0.1, -0.05) is 12.0 Å². The first kappa shape index (κ1) is 24.3. The number of aromatic nitrogens is 3. The van der Waals surface area contributed by atoms with Crippen molar-refractivity contribution in [2.24, 2.45) is 0 Å². The number of hydrogen-bond donors (Lipinski definition) is 2. The van der Waals surface area contributed by atoms with Crippen LogP contribution < -0.4 is 15.5 Å². The molecule has 2 aromatic rings. The van der Waals surface area contributed by atoms with Gasteiger partial charge in [0.2, 0.25) is 5.95 Å². The summed E-state index contributed by atoms with van der Waals surface area (Å²) < 4.78 is 17.5. The van der Waals surface area contributed by atoms with E-state index in [1.165, 1.54) is 12.7 Å². The highest BCUT2D eigenvalue weighted by Crippen LogP contribution is 2.38. The van der Waals surface area contributed by atoms with Crippen LogP contribution in [0.15, 0.2) is 29.3 Å². The molecular formula is C26H30N6O3S. The molecule has 1 amide bonds. The van der Waals surface area contributed by atoms with Gasteiger partial charge in [0.1, 0.15) is 10.7 Å². The second-order valence-electron chi connectivity index (χ2n) is 9.28. The average Bonchev–Trinajstić information content (AvgIpc) is 3.26. The van der Waals surface area contributed by atoms with Crippen LogP contribution in [0.2, 0.25) is 0 Å². The molecule has 188 valence electrons. The molecule has 2 aromatic heterocycles. The molecule has 0 radical (unpaired) electrons. The lowest BCUT2D eigenvalue weighted by atomic mass is 9.76. The van der Waals surface area contributed by atoms with Crippen LogP contribution in [0.1, 0.15) is 49.6 Å². The summed E-state index contributed by atoms with van der Waals surface area (Å²) in [5, 5.41) is 6.36. The van der Waals surface area contributed by atoms with Crippen LogP contribution in [0.4, 0.5) is 16.6 Å². The SMILES string of the molecule is CC#Cc1ccc(C2=CCN(c3nc4c(c(NC5(CNC(=O)OC)CCC5)n3)S(=O)CC4)CC2)nc1. The molecule has 1 saturated carbocycles. The van der Waals surface area contributed by atoms with Crippen molar-refractivity contribution in [3.05, 3.63) is 41.4 Å². The van der Waals surface area contributed by atoms with E-state index in [0.29, 0.717) is 41.9 Å². The van der Waals surface area contributed by atoms with Crippen molar-refractivity contribution < 1.29 is 13.7 Å². The van der Waals surface area contributed by atoms with Gasteiger partial charge >= 0.3 is 6.09 Å². The summed E-state index contributed by atoms with van der Waals surface area (Å²) in [6.45, 7) is 3.67. The van der Waals surface area contributed by atoms with Crippen molar-refractivity contribution in [2.75, 3.05) is 42.7 Å². The van der Waals surface area contributed by atoms with Crippen LogP contribution in [0, 0.1) is 11.8 Å². The number of hydrogen-bond acceptors (Lipinski definition) is 8. The molecule has 10 heteroatoms. The number of pyridine rings is 1. The number of amides is 1. The van der Waals surface area contributed by atoms with Crippen molar-refractivity contribution >= 4 is 34.2 Å². The quantitative estimate of drug-likeness (QED) is 0.576. The van der Waals surface area contributed by atoms with Gasteiger partial charge in [0, 0.05) is 43.6 Å². The van der Waals surface area contributed by atoms with Crippen molar-refractivity contribution in [1.29, 1.82) is 0 Å². The monoisotopic (exact) mass is 506 g/mol. The fourth-order valence-corrected chi connectivity index (χ4v) is 6.12. The average molecular weight is 507 g/mol. The molecule has 1 aliphatic carbocycles. The molecule has 1 atom stereocenters. The molecule has 0 bridgehead atoms. The lowest BCUT2D eigenvalue weighted by Gasteiger charge is -2.43. The Labute approximate surface area is 213 Å². The Hall–Kier alpha value is -3.45. The Morgan fingerprint density at radius 1 is 1.28 bits per heavy atom. The third kappa shape index (κ3) is 4.93. The van der Waals surface area contributed by atoms with Crippen LogP contribution in [0.3, 0.4) is 0 Å². The Kier molecular flexibility index (Phi) is 6.92. The Balaban J connectivity index is 1.36. The fraction of sp³-hybridized carbons (Fsp3) is 0.462. The number of anilines is 2. The van der Waals surface area contributed by atoms with Crippen LogP contribution in [0.5, 0.6) is 0 Å². The summed E-state index contributed by atoms with van der Waals surface area (Å²) in [6.07, 6.45) is 7.86. The number of nitrogens with zero attached hydrogens (tertiary/aromatic N) is 4. The first-order valence-electron chi connectivity index (χ1n) is 12.2. The van der Waals surface area contributed by atoms with Crippen molar-refractivity contribution in [2.45, 2.75) is 49.5 Å². The molecule has 2 aliphatic heterocycles. The van der Waals surface area contributed by atoms with Crippen LogP contribution in [-0.4, -0.2) is 63.3 Å². The van der Waals surface area contributed by atoms with Crippen molar-refractivity contribution in [1.82, 2.24) is 20.3 Å². The predicted molar refractivity (Wildman–Crippen MR) is 139 cm³/mol. The van der Waals surface area contributed by atoms with E-state index in [9.17, 15) is 9.00 Å². The topological polar surface area (TPSA) is 109 Å². The minimum atomic E-state index is -1.13. The summed E-state index contributed by atoms with van der Waals surface area (Å²) in [5.41, 5.74) is 3.60. The molecule has 9 nitrogen and oxygen atoms in total. The summed E-state index contributed by atoms with van der Waals surface area (Å²) in [7, 11) is 0.223. The first-order chi connectivity index (χ1) is 17.5. The van der Waals surface area contributed by atoms with Gasteiger partial charge in [0.25, 0.3) is 0 Å². The van der Waals surface area contributed by atoms with Gasteiger partial charge in [0.05, 0.1) is 34.8 Å². The highest BCUT2D eigenvalue weighted by Gasteiger charge is 2.40. The zero-order chi connectivity index (χ0) is 25.1. The zero-order valence-corrected chi connectivity index (χ0v) is 21.4. The van der Waals surface area contributed by atoms with Crippen molar-refractivity contribution in [3.63, 3.8) is 0 Å². The standard InChI is InChI=1S/C26H30N6O3S/c1-3-5-18-6-7-20(27-16-18)19-8-13-32(14-9-19)24-29-21-10-15-36(34)22(21)23(30-24)31-26(11-4-12-26)17-28-25(33)35-2/h6-8,16H,4,9-15,17H2,1-2H3,(H,28,33)(H,29,30,31). The molecule has 1 unspecified atom stereocenters. The van der Waals surface area contributed by atoms with E-state index in [2.05, 4.69) is 38.4 Å². The van der Waals surface area contributed by atoms with E-state index in [1.807, 2.05) is 25.3 Å². The number of aryl methyl sites for hydroxylation is 1. The maximum absolute atomic E-state index is 12.8. The summed E-state index contributed by atoms with van der Waals surface area (Å²) >= 11 is 0. The maximum Gasteiger partial charge on any atom is 0.406 e. The highest BCUT2D eigenvalue weighted by molar-refractivity contribution is 7.85. The van der Waals surface area contributed by atoms with E-state index < -0.39 is 16.9 Å². The Morgan fingerprint density at radius 2 is 2.14 bits per heavy atom. The molecule has 3 aliphatic rings. The molecular weight excluding hydrogens is 476 g/mol. The van der Waals surface area contributed by atoms with Crippen LogP contribution in [-0.2, 0) is 22.0 Å². The van der Waals surface area contributed by atoms with Gasteiger partial charge in [-0.3, -0.25) is 9.19 Å². The number of ether oxygens (including phenoxy) is 1. The number of methoxy groups -OCH3 is 1. The van der Waals surface area contributed by atoms with Crippen molar-refractivity contribution in [3.8, 4) is 11.8 Å². The zero-order valence-electron chi connectivity index (χ0n) is 20.6. The molecule has 2 N–H and O–H groups in total. The van der Waals surface area contributed by atoms with Gasteiger partial charge < -0.3 is 20.3 Å². The van der Waals surface area contributed by atoms with Gasteiger partial charge in [-0.2, -0.15) is 4.98 Å². The van der Waals surface area contributed by atoms with Gasteiger partial charge in [-0.25, -0.2) is 9.78 Å². The third-order valence-electron chi connectivity index (χ3n) is 6.98. The minimum absolute atomic E-state index is 0.324. The molecule has 5 rings (SSSR count). The van der Waals surface area contributed by atoms with E-state index in [0.717, 1.165) is 49.2 Å². The molecule has 36 heavy (non-hydrogen) atoms. The number of fused-ring (bicyclic) bond motifs is 1. The third-order valence-corrected chi connectivity index (χ3v) is 8.44. The van der Waals surface area contributed by atoms with Crippen LogP contribution in [0.25, 0.3) is 5.57 Å². The number of carbonyl (C=O) groups excluding carboxylic acids is 1. The molecule has 0 spiro atoms. The predicted octanol–water partition coefficient (Wildman–Crippen LogP) is 2.89. The van der Waals surface area contributed by atoms with Gasteiger partial charge in [-0.05, 0) is 50.3 Å². The summed E-state index contributed by atoms with van der Waals surface area (Å²) in [6, 6.07) is 4.02. The molecule has 0 saturated heterocycles. The summed E-state index contributed by atoms with van der Waals surface area (Å²) in [5.74, 6) is 7.75. The maximum atomic E-state index is 12.8. The highest BCUT2D eigenvalue weighted by atomic mass is 32.2. The number of rotatable bonds is 6. The normalized spacial score (nSPS) is 19.8. The summed E-state index contributed by atoms with van der Waals surface area (Å²) in [4.78, 5) is 28.8. The van der Waals surface area contributed by atoms with E-state index >= 15 is 0 Å². The smallest absolute Gasteiger partial charge is 0.406 e. The minimum Gasteiger partial charge on any atom is -0.453 e. The van der Waals surface area contributed by atoms with E-state index in [1.54, 1.807) is 0 Å². The number of carbonyl (C=O) groups is 1. The lowest BCUT2D eigenvalue weighted by molar-refractivity contribution is 0.163. The van der Waals surface area contributed by atoms with Crippen LogP contribution >= 0.6 is 0 Å². The molecule has 1 fully saturated rings. The lowest BCUT2D eigenvalue weighted by Crippen LogP contribution is -2.54. The molecule has 4 heterocycles. The molecule has 0 aromatic carbocycles. The number of nitrogens with one attached hydrogen (secondary N) is 2. The second kappa shape index (κ2) is 10.3. The van der Waals surface area contributed by atoms with Gasteiger partial charge in [-0.15, -0.1) is 5.92 Å². The largest absolute Gasteiger partial charge is 0.453 e. The number of alkyl carbamates (subject to hydrolysis) is 1. The second-order valence-corrected chi connectivity index (χ2v) is 10.8. The first-order valence-corrected chi connectivity index (χ1v) is 13.5.